The van der Waals surface area contributed by atoms with E-state index in [2.05, 4.69) is 63.3 Å². The minimum Gasteiger partial charge on any atom is -0.370 e. The predicted octanol–water partition coefficient (Wildman–Crippen LogP) is 3.93. The molecule has 1 aromatic rings. The molecule has 0 aromatic heterocycles. The van der Waals surface area contributed by atoms with E-state index >= 15 is 0 Å². The molecule has 2 nitrogen and oxygen atoms in total. The Kier molecular flexibility index (Phi) is 4.64. The summed E-state index contributed by atoms with van der Waals surface area (Å²) in [6, 6.07) is 11.0. The van der Waals surface area contributed by atoms with Crippen LogP contribution >= 0.6 is 0 Å². The predicted molar refractivity (Wildman–Crippen MR) is 80.2 cm³/mol. The summed E-state index contributed by atoms with van der Waals surface area (Å²) in [5.74, 6) is 0.558. The minimum atomic E-state index is 0.153. The normalized spacial score (nSPS) is 26.6. The van der Waals surface area contributed by atoms with Crippen molar-refractivity contribution in [3.63, 3.8) is 0 Å². The van der Waals surface area contributed by atoms with E-state index < -0.39 is 0 Å². The van der Waals surface area contributed by atoms with Gasteiger partial charge in [0.05, 0.1) is 12.7 Å². The van der Waals surface area contributed by atoms with E-state index in [0.29, 0.717) is 12.0 Å². The van der Waals surface area contributed by atoms with Crippen LogP contribution in [0, 0.1) is 5.92 Å². The number of benzene rings is 1. The first-order valence-electron chi connectivity index (χ1n) is 7.56. The smallest absolute Gasteiger partial charge is 0.0981 e. The first-order valence-corrected chi connectivity index (χ1v) is 7.56. The highest BCUT2D eigenvalue weighted by Gasteiger charge is 2.40. The van der Waals surface area contributed by atoms with Gasteiger partial charge < -0.3 is 10.1 Å². The van der Waals surface area contributed by atoms with E-state index in [9.17, 15) is 0 Å². The Morgan fingerprint density at radius 2 is 1.84 bits per heavy atom. The van der Waals surface area contributed by atoms with E-state index in [4.69, 9.17) is 4.74 Å². The summed E-state index contributed by atoms with van der Waals surface area (Å²) in [6.45, 7) is 9.86. The minimum absolute atomic E-state index is 0.153. The van der Waals surface area contributed by atoms with Crippen molar-refractivity contribution in [3.05, 3.63) is 35.9 Å². The number of hydrogen-bond acceptors (Lipinski definition) is 2. The summed E-state index contributed by atoms with van der Waals surface area (Å²) in [6.07, 6.45) is 2.41. The maximum Gasteiger partial charge on any atom is 0.0981 e. The number of rotatable bonds is 4. The summed E-state index contributed by atoms with van der Waals surface area (Å²) in [5.41, 5.74) is 1.44. The summed E-state index contributed by atoms with van der Waals surface area (Å²) in [4.78, 5) is 0. The maximum absolute atomic E-state index is 6.27. The maximum atomic E-state index is 6.27. The lowest BCUT2D eigenvalue weighted by atomic mass is 9.84. The van der Waals surface area contributed by atoms with Gasteiger partial charge in [0.25, 0.3) is 0 Å². The molecule has 1 saturated heterocycles. The van der Waals surface area contributed by atoms with Gasteiger partial charge in [0.1, 0.15) is 0 Å². The first-order chi connectivity index (χ1) is 9.12. The standard InChI is InChI=1S/C17H27NO/c1-5-17(6-2)12-19-16(15(18-17)13(3)4)14-10-8-7-9-11-14/h7-11,13,15-16,18H,5-6,12H2,1-4H3. The monoisotopic (exact) mass is 261 g/mol. The van der Waals surface area contributed by atoms with Crippen LogP contribution in [0.3, 0.4) is 0 Å². The van der Waals surface area contributed by atoms with Gasteiger partial charge in [-0.05, 0) is 24.3 Å². The van der Waals surface area contributed by atoms with Gasteiger partial charge in [-0.3, -0.25) is 0 Å². The van der Waals surface area contributed by atoms with Crippen molar-refractivity contribution >= 4 is 0 Å². The van der Waals surface area contributed by atoms with Gasteiger partial charge in [0, 0.05) is 11.6 Å². The number of nitrogens with one attached hydrogen (secondary N) is 1. The first kappa shape index (κ1) is 14.5. The van der Waals surface area contributed by atoms with Crippen molar-refractivity contribution in [2.45, 2.75) is 58.2 Å². The lowest BCUT2D eigenvalue weighted by molar-refractivity contribution is -0.0784. The summed E-state index contributed by atoms with van der Waals surface area (Å²) in [7, 11) is 0. The molecule has 0 saturated carbocycles. The molecule has 0 radical (unpaired) electrons. The molecule has 2 heteroatoms. The Balaban J connectivity index is 2.23. The number of ether oxygens (including phenoxy) is 1. The van der Waals surface area contributed by atoms with E-state index in [1.165, 1.54) is 5.56 Å². The molecular weight excluding hydrogens is 234 g/mol. The number of morpholine rings is 1. The van der Waals surface area contributed by atoms with Crippen LogP contribution in [0.1, 0.15) is 52.2 Å². The van der Waals surface area contributed by atoms with Gasteiger partial charge in [0.2, 0.25) is 0 Å². The third-order valence-corrected chi connectivity index (χ3v) is 4.54. The van der Waals surface area contributed by atoms with E-state index in [-0.39, 0.29) is 11.6 Å². The second-order valence-electron chi connectivity index (χ2n) is 6.04. The quantitative estimate of drug-likeness (QED) is 0.886. The van der Waals surface area contributed by atoms with Crippen molar-refractivity contribution in [2.75, 3.05) is 6.61 Å². The van der Waals surface area contributed by atoms with Crippen LogP contribution in [0.5, 0.6) is 0 Å². The molecule has 1 N–H and O–H groups in total. The highest BCUT2D eigenvalue weighted by molar-refractivity contribution is 5.20. The third kappa shape index (κ3) is 3.01. The molecular formula is C17H27NO. The summed E-state index contributed by atoms with van der Waals surface area (Å²) < 4.78 is 6.27. The van der Waals surface area contributed by atoms with Gasteiger partial charge >= 0.3 is 0 Å². The van der Waals surface area contributed by atoms with Crippen molar-refractivity contribution < 1.29 is 4.74 Å². The van der Waals surface area contributed by atoms with E-state index in [0.717, 1.165) is 19.4 Å². The Labute approximate surface area is 117 Å². The fourth-order valence-electron chi connectivity index (χ4n) is 2.94. The van der Waals surface area contributed by atoms with Crippen LogP contribution in [0.2, 0.25) is 0 Å². The highest BCUT2D eigenvalue weighted by atomic mass is 16.5. The molecule has 1 aromatic carbocycles. The molecule has 1 aliphatic heterocycles. The number of hydrogen-bond donors (Lipinski definition) is 1. The topological polar surface area (TPSA) is 21.3 Å². The zero-order valence-corrected chi connectivity index (χ0v) is 12.6. The second kappa shape index (κ2) is 6.06. The molecule has 2 unspecified atom stereocenters. The molecule has 0 aliphatic carbocycles. The lowest BCUT2D eigenvalue weighted by Gasteiger charge is -2.47. The second-order valence-corrected chi connectivity index (χ2v) is 6.04. The molecule has 2 rings (SSSR count). The Bertz CT molecular complexity index is 384. The molecule has 19 heavy (non-hydrogen) atoms. The highest BCUT2D eigenvalue weighted by Crippen LogP contribution is 2.34. The van der Waals surface area contributed by atoms with Crippen LogP contribution in [0.25, 0.3) is 0 Å². The van der Waals surface area contributed by atoms with Crippen LogP contribution in [0.15, 0.2) is 30.3 Å². The van der Waals surface area contributed by atoms with Crippen LogP contribution in [-0.2, 0) is 4.74 Å². The van der Waals surface area contributed by atoms with Crippen LogP contribution < -0.4 is 5.32 Å². The van der Waals surface area contributed by atoms with Gasteiger partial charge in [-0.25, -0.2) is 0 Å². The molecule has 2 atom stereocenters. The average molecular weight is 261 g/mol. The molecule has 0 spiro atoms. The molecule has 0 amide bonds. The zero-order valence-electron chi connectivity index (χ0n) is 12.6. The fourth-order valence-corrected chi connectivity index (χ4v) is 2.94. The van der Waals surface area contributed by atoms with Crippen molar-refractivity contribution in [1.29, 1.82) is 0 Å². The molecule has 106 valence electrons. The lowest BCUT2D eigenvalue weighted by Crippen LogP contribution is -2.60. The molecule has 1 heterocycles. The summed E-state index contributed by atoms with van der Waals surface area (Å²) in [5, 5.41) is 3.89. The van der Waals surface area contributed by atoms with E-state index in [1.807, 2.05) is 0 Å². The average Bonchev–Trinajstić information content (AvgIpc) is 2.47. The largest absolute Gasteiger partial charge is 0.370 e. The van der Waals surface area contributed by atoms with Gasteiger partial charge in [-0.2, -0.15) is 0 Å². The SMILES string of the molecule is CCC1(CC)COC(c2ccccc2)C(C(C)C)N1. The molecule has 1 aliphatic rings. The molecule has 1 fully saturated rings. The Hall–Kier alpha value is -0.860. The Morgan fingerprint density at radius 1 is 1.21 bits per heavy atom. The summed E-state index contributed by atoms with van der Waals surface area (Å²) >= 11 is 0. The van der Waals surface area contributed by atoms with Crippen LogP contribution in [0.4, 0.5) is 0 Å². The fraction of sp³-hybridized carbons (Fsp3) is 0.647. The van der Waals surface area contributed by atoms with Crippen molar-refractivity contribution in [1.82, 2.24) is 5.32 Å². The molecule has 0 bridgehead atoms. The van der Waals surface area contributed by atoms with Crippen molar-refractivity contribution in [3.8, 4) is 0 Å². The van der Waals surface area contributed by atoms with Gasteiger partial charge in [0.15, 0.2) is 0 Å². The van der Waals surface area contributed by atoms with Crippen LogP contribution in [-0.4, -0.2) is 18.2 Å². The van der Waals surface area contributed by atoms with E-state index in [1.54, 1.807) is 0 Å². The van der Waals surface area contributed by atoms with Gasteiger partial charge in [-0.15, -0.1) is 0 Å². The van der Waals surface area contributed by atoms with Crippen molar-refractivity contribution in [2.24, 2.45) is 5.92 Å². The zero-order chi connectivity index (χ0) is 13.9. The Morgan fingerprint density at radius 3 is 2.37 bits per heavy atom. The third-order valence-electron chi connectivity index (χ3n) is 4.54. The van der Waals surface area contributed by atoms with Gasteiger partial charge in [-0.1, -0.05) is 58.0 Å².